The summed E-state index contributed by atoms with van der Waals surface area (Å²) in [5, 5.41) is 23.2. The van der Waals surface area contributed by atoms with Gasteiger partial charge in [0.15, 0.2) is 5.69 Å². The minimum absolute atomic E-state index is 0.141. The van der Waals surface area contributed by atoms with E-state index in [2.05, 4.69) is 0 Å². The van der Waals surface area contributed by atoms with Crippen molar-refractivity contribution < 1.29 is 23.9 Å². The maximum absolute atomic E-state index is 12.0. The number of ether oxygens (including phenoxy) is 2. The molecule has 0 amide bonds. The van der Waals surface area contributed by atoms with Gasteiger partial charge in [-0.05, 0) is 27.2 Å². The van der Waals surface area contributed by atoms with Gasteiger partial charge in [0.05, 0.1) is 10.5 Å². The molecule has 1 rings (SSSR count). The van der Waals surface area contributed by atoms with Crippen LogP contribution in [0, 0.1) is 29.2 Å². The number of hydrogen-bond donors (Lipinski definition) is 0. The molecule has 0 aliphatic rings. The first-order valence-corrected chi connectivity index (χ1v) is 6.80. The first-order chi connectivity index (χ1) is 9.99. The summed E-state index contributed by atoms with van der Waals surface area (Å²) in [6.45, 7) is 9.48. The van der Waals surface area contributed by atoms with Gasteiger partial charge in [-0.2, -0.15) is 4.73 Å². The number of hydrogen-bond acceptors (Lipinski definition) is 6. The summed E-state index contributed by atoms with van der Waals surface area (Å²) in [6.07, 6.45) is -0.749. The average molecular weight is 312 g/mol. The third-order valence-electron chi connectivity index (χ3n) is 2.99. The largest absolute Gasteiger partial charge is 0.618 e. The fraction of sp³-hybridized carbons (Fsp3) is 0.571. The summed E-state index contributed by atoms with van der Waals surface area (Å²) < 4.78 is 10.6. The smallest absolute Gasteiger partial charge is 0.514 e. The number of rotatable bonds is 3. The van der Waals surface area contributed by atoms with Crippen LogP contribution in [0.1, 0.15) is 44.6 Å². The van der Waals surface area contributed by atoms with Crippen LogP contribution in [-0.4, -0.2) is 16.7 Å². The van der Waals surface area contributed by atoms with Gasteiger partial charge in [-0.1, -0.05) is 6.92 Å². The Balaban J connectivity index is 3.44. The highest BCUT2D eigenvalue weighted by Gasteiger charge is 2.34. The highest BCUT2D eigenvalue weighted by molar-refractivity contribution is 5.68. The van der Waals surface area contributed by atoms with Gasteiger partial charge in [-0.25, -0.2) is 4.79 Å². The van der Waals surface area contributed by atoms with Crippen LogP contribution in [0.2, 0.25) is 0 Å². The lowest BCUT2D eigenvalue weighted by Gasteiger charge is -2.19. The lowest BCUT2D eigenvalue weighted by molar-refractivity contribution is -0.623. The zero-order valence-electron chi connectivity index (χ0n) is 13.6. The Bertz CT molecular complexity index is 619. The van der Waals surface area contributed by atoms with Crippen LogP contribution in [-0.2, 0) is 11.2 Å². The first kappa shape index (κ1) is 17.7. The van der Waals surface area contributed by atoms with Crippen LogP contribution in [0.4, 0.5) is 10.5 Å². The summed E-state index contributed by atoms with van der Waals surface area (Å²) in [5.74, 6) is -0.233. The normalized spacial score (nSPS) is 11.2. The molecule has 0 radical (unpaired) electrons. The topological polar surface area (TPSA) is 106 Å². The van der Waals surface area contributed by atoms with Crippen molar-refractivity contribution in [2.45, 2.75) is 53.6 Å². The van der Waals surface area contributed by atoms with E-state index in [1.807, 2.05) is 0 Å². The Morgan fingerprint density at radius 3 is 2.23 bits per heavy atom. The molecule has 0 aromatic carbocycles. The van der Waals surface area contributed by atoms with E-state index in [1.165, 1.54) is 13.8 Å². The maximum Gasteiger partial charge on any atom is 0.514 e. The number of pyridine rings is 1. The van der Waals surface area contributed by atoms with E-state index in [9.17, 15) is 20.1 Å². The SMILES string of the molecule is CCc1c(OC(=O)OC(C)(C)C)c([N+](=O)[O-])c(C)[n+]([O-])c1C. The molecule has 1 aromatic heterocycles. The molecule has 8 nitrogen and oxygen atoms in total. The van der Waals surface area contributed by atoms with Gasteiger partial charge in [0.25, 0.3) is 5.69 Å². The van der Waals surface area contributed by atoms with Crippen LogP contribution >= 0.6 is 0 Å². The first-order valence-electron chi connectivity index (χ1n) is 6.80. The van der Waals surface area contributed by atoms with Crippen LogP contribution in [0.15, 0.2) is 0 Å². The van der Waals surface area contributed by atoms with E-state index in [0.717, 1.165) is 0 Å². The Labute approximate surface area is 128 Å². The van der Waals surface area contributed by atoms with Crippen molar-refractivity contribution in [3.63, 3.8) is 0 Å². The molecular formula is C14H20N2O6. The van der Waals surface area contributed by atoms with Gasteiger partial charge in [-0.3, -0.25) is 10.1 Å². The third kappa shape index (κ3) is 3.63. The van der Waals surface area contributed by atoms with Crippen molar-refractivity contribution in [2.75, 3.05) is 0 Å². The quantitative estimate of drug-likeness (QED) is 0.279. The lowest BCUT2D eigenvalue weighted by Crippen LogP contribution is -2.36. The molecule has 0 unspecified atom stereocenters. The molecule has 0 N–H and O–H groups in total. The molecule has 0 saturated carbocycles. The Kier molecular flexibility index (Phi) is 4.95. The molecule has 0 aliphatic carbocycles. The number of carbonyl (C=O) groups excluding carboxylic acids is 1. The average Bonchev–Trinajstić information content (AvgIpc) is 2.34. The van der Waals surface area contributed by atoms with Gasteiger partial charge >= 0.3 is 11.8 Å². The highest BCUT2D eigenvalue weighted by Crippen LogP contribution is 2.35. The molecule has 1 heterocycles. The fourth-order valence-corrected chi connectivity index (χ4v) is 2.04. The minimum atomic E-state index is -1.05. The van der Waals surface area contributed by atoms with E-state index in [1.54, 1.807) is 27.7 Å². The molecule has 0 atom stereocenters. The second-order valence-electron chi connectivity index (χ2n) is 5.80. The second kappa shape index (κ2) is 6.17. The third-order valence-corrected chi connectivity index (χ3v) is 2.99. The summed E-state index contributed by atoms with van der Waals surface area (Å²) in [6, 6.07) is 0. The van der Waals surface area contributed by atoms with Gasteiger partial charge < -0.3 is 14.7 Å². The second-order valence-corrected chi connectivity index (χ2v) is 5.80. The Morgan fingerprint density at radius 2 is 1.82 bits per heavy atom. The van der Waals surface area contributed by atoms with Crippen LogP contribution in [0.25, 0.3) is 0 Å². The summed E-state index contributed by atoms with van der Waals surface area (Å²) in [4.78, 5) is 22.4. The van der Waals surface area contributed by atoms with Gasteiger partial charge in [-0.15, -0.1) is 0 Å². The molecule has 22 heavy (non-hydrogen) atoms. The van der Waals surface area contributed by atoms with E-state index in [0.29, 0.717) is 16.7 Å². The minimum Gasteiger partial charge on any atom is -0.618 e. The van der Waals surface area contributed by atoms with Crippen molar-refractivity contribution in [1.29, 1.82) is 0 Å². The molecule has 0 saturated heterocycles. The van der Waals surface area contributed by atoms with Gasteiger partial charge in [0, 0.05) is 13.8 Å². The Hall–Kier alpha value is -2.38. The molecule has 0 bridgehead atoms. The van der Waals surface area contributed by atoms with Crippen molar-refractivity contribution in [3.8, 4) is 5.75 Å². The maximum atomic E-state index is 12.0. The van der Waals surface area contributed by atoms with Crippen LogP contribution in [0.5, 0.6) is 5.75 Å². The highest BCUT2D eigenvalue weighted by atomic mass is 16.7. The lowest BCUT2D eigenvalue weighted by atomic mass is 10.1. The summed E-state index contributed by atoms with van der Waals surface area (Å²) >= 11 is 0. The van der Waals surface area contributed by atoms with E-state index in [4.69, 9.17) is 9.47 Å². The van der Waals surface area contributed by atoms with Gasteiger partial charge in [0.1, 0.15) is 5.60 Å². The monoisotopic (exact) mass is 312 g/mol. The zero-order chi connectivity index (χ0) is 17.2. The van der Waals surface area contributed by atoms with Gasteiger partial charge in [0.2, 0.25) is 5.75 Å². The number of nitrogens with zero attached hydrogens (tertiary/aromatic N) is 2. The molecule has 0 spiro atoms. The van der Waals surface area contributed by atoms with Crippen LogP contribution in [0.3, 0.4) is 0 Å². The van der Waals surface area contributed by atoms with Crippen molar-refractivity contribution in [2.24, 2.45) is 0 Å². The molecule has 0 fully saturated rings. The van der Waals surface area contributed by atoms with Crippen molar-refractivity contribution in [1.82, 2.24) is 0 Å². The zero-order valence-corrected chi connectivity index (χ0v) is 13.6. The van der Waals surface area contributed by atoms with E-state index >= 15 is 0 Å². The molecule has 8 heteroatoms. The van der Waals surface area contributed by atoms with E-state index in [-0.39, 0.29) is 17.1 Å². The number of carbonyl (C=O) groups is 1. The standard InChI is InChI=1S/C14H20N2O6/c1-7-10-8(2)15(18)9(3)11(16(19)20)12(10)21-13(17)22-14(4,5)6/h7H2,1-6H3. The summed E-state index contributed by atoms with van der Waals surface area (Å²) in [7, 11) is 0. The molecule has 0 aliphatic heterocycles. The number of aromatic nitrogens is 1. The van der Waals surface area contributed by atoms with Crippen LogP contribution < -0.4 is 9.47 Å². The van der Waals surface area contributed by atoms with Crippen molar-refractivity contribution >= 4 is 11.8 Å². The van der Waals surface area contributed by atoms with E-state index < -0.39 is 22.4 Å². The Morgan fingerprint density at radius 1 is 1.27 bits per heavy atom. The predicted octanol–water partition coefficient (Wildman–Crippen LogP) is 2.72. The molecule has 1 aromatic rings. The fourth-order valence-electron chi connectivity index (χ4n) is 2.04. The molecule has 122 valence electrons. The molecular weight excluding hydrogens is 292 g/mol. The predicted molar refractivity (Wildman–Crippen MR) is 77.8 cm³/mol. The summed E-state index contributed by atoms with van der Waals surface area (Å²) in [5.41, 5.74) is -0.904. The number of nitro groups is 1. The van der Waals surface area contributed by atoms with Crippen molar-refractivity contribution in [3.05, 3.63) is 32.3 Å².